The fraction of sp³-hybridized carbons (Fsp3) is 0.222. The molecule has 0 aliphatic rings. The Kier molecular flexibility index (Phi) is 4.22. The number of carbonyl (C=O) groups excluding carboxylic acids is 2. The molecule has 0 fully saturated rings. The fourth-order valence-corrected chi connectivity index (χ4v) is 2.59. The molecule has 3 rings (SSSR count). The lowest BCUT2D eigenvalue weighted by Gasteiger charge is -2.10. The van der Waals surface area contributed by atoms with E-state index < -0.39 is 5.91 Å². The molecular weight excluding hydrogens is 318 g/mol. The van der Waals surface area contributed by atoms with Gasteiger partial charge in [-0.25, -0.2) is 9.67 Å². The van der Waals surface area contributed by atoms with Crippen LogP contribution >= 0.6 is 0 Å². The number of nitrogens with zero attached hydrogens (tertiary/aromatic N) is 3. The van der Waals surface area contributed by atoms with Gasteiger partial charge < -0.3 is 11.1 Å². The van der Waals surface area contributed by atoms with Crippen LogP contribution in [-0.4, -0.2) is 26.6 Å². The number of aromatic nitrogens is 3. The predicted octanol–water partition coefficient (Wildman–Crippen LogP) is 2.67. The monoisotopic (exact) mass is 337 g/mol. The number of pyridine rings is 1. The summed E-state index contributed by atoms with van der Waals surface area (Å²) in [4.78, 5) is 28.2. The highest BCUT2D eigenvalue weighted by atomic mass is 16.2. The standard InChI is InChI=1S/C18H19N5O2/c1-10(2)23-17-13(9-20-23)8-15(11(3)21-17)18(25)22-14-6-4-12(5-7-14)16(19)24/h4-10H,1-3H3,(H2,19,24)(H,22,25). The van der Waals surface area contributed by atoms with Crippen molar-refractivity contribution in [1.82, 2.24) is 14.8 Å². The average molecular weight is 337 g/mol. The Morgan fingerprint density at radius 2 is 1.88 bits per heavy atom. The van der Waals surface area contributed by atoms with E-state index in [1.54, 1.807) is 43.5 Å². The highest BCUT2D eigenvalue weighted by Crippen LogP contribution is 2.20. The van der Waals surface area contributed by atoms with Gasteiger partial charge in [0.05, 0.1) is 17.5 Å². The molecule has 3 aromatic rings. The first-order valence-corrected chi connectivity index (χ1v) is 7.93. The molecular formula is C18H19N5O2. The first kappa shape index (κ1) is 16.6. The van der Waals surface area contributed by atoms with E-state index in [0.29, 0.717) is 22.5 Å². The van der Waals surface area contributed by atoms with Crippen LogP contribution in [0.25, 0.3) is 11.0 Å². The van der Waals surface area contributed by atoms with Gasteiger partial charge in [-0.1, -0.05) is 0 Å². The van der Waals surface area contributed by atoms with Crippen LogP contribution in [-0.2, 0) is 0 Å². The molecule has 0 radical (unpaired) electrons. The maximum absolute atomic E-state index is 12.6. The van der Waals surface area contributed by atoms with Crippen molar-refractivity contribution in [1.29, 1.82) is 0 Å². The third kappa shape index (κ3) is 3.21. The highest BCUT2D eigenvalue weighted by molar-refractivity contribution is 6.06. The molecule has 2 aromatic heterocycles. The van der Waals surface area contributed by atoms with Gasteiger partial charge in [0.25, 0.3) is 5.91 Å². The van der Waals surface area contributed by atoms with Crippen molar-refractivity contribution in [2.45, 2.75) is 26.8 Å². The molecule has 2 amide bonds. The van der Waals surface area contributed by atoms with Crippen molar-refractivity contribution in [2.24, 2.45) is 5.73 Å². The van der Waals surface area contributed by atoms with Crippen LogP contribution in [0.4, 0.5) is 5.69 Å². The molecule has 2 heterocycles. The van der Waals surface area contributed by atoms with E-state index >= 15 is 0 Å². The maximum Gasteiger partial charge on any atom is 0.257 e. The van der Waals surface area contributed by atoms with Crippen LogP contribution in [0.3, 0.4) is 0 Å². The highest BCUT2D eigenvalue weighted by Gasteiger charge is 2.15. The first-order chi connectivity index (χ1) is 11.9. The molecule has 7 heteroatoms. The number of carbonyl (C=O) groups is 2. The van der Waals surface area contributed by atoms with Crippen molar-refractivity contribution in [2.75, 3.05) is 5.32 Å². The van der Waals surface area contributed by atoms with Crippen molar-refractivity contribution in [3.63, 3.8) is 0 Å². The second-order valence-electron chi connectivity index (χ2n) is 6.11. The Bertz CT molecular complexity index is 958. The summed E-state index contributed by atoms with van der Waals surface area (Å²) in [5.41, 5.74) is 8.04. The zero-order valence-electron chi connectivity index (χ0n) is 14.3. The van der Waals surface area contributed by atoms with E-state index in [1.807, 2.05) is 18.5 Å². The molecule has 25 heavy (non-hydrogen) atoms. The van der Waals surface area contributed by atoms with Crippen LogP contribution in [0.1, 0.15) is 46.3 Å². The Morgan fingerprint density at radius 3 is 2.48 bits per heavy atom. The first-order valence-electron chi connectivity index (χ1n) is 7.93. The average Bonchev–Trinajstić information content (AvgIpc) is 2.97. The minimum atomic E-state index is -0.509. The zero-order chi connectivity index (χ0) is 18.1. The molecule has 0 aliphatic carbocycles. The van der Waals surface area contributed by atoms with Gasteiger partial charge in [0.1, 0.15) is 0 Å². The van der Waals surface area contributed by atoms with E-state index in [9.17, 15) is 9.59 Å². The molecule has 7 nitrogen and oxygen atoms in total. The Labute approximate surface area is 144 Å². The van der Waals surface area contributed by atoms with Crippen LogP contribution < -0.4 is 11.1 Å². The number of nitrogens with one attached hydrogen (secondary N) is 1. The number of fused-ring (bicyclic) bond motifs is 1. The van der Waals surface area contributed by atoms with Crippen molar-refractivity contribution in [3.05, 3.63) is 53.3 Å². The molecule has 0 unspecified atom stereocenters. The van der Waals surface area contributed by atoms with Gasteiger partial charge in [-0.15, -0.1) is 0 Å². The SMILES string of the molecule is Cc1nc2c(cnn2C(C)C)cc1C(=O)Nc1ccc(C(N)=O)cc1. The predicted molar refractivity (Wildman–Crippen MR) is 95.6 cm³/mol. The topological polar surface area (TPSA) is 103 Å². The Hall–Kier alpha value is -3.22. The summed E-state index contributed by atoms with van der Waals surface area (Å²) in [6.45, 7) is 5.85. The van der Waals surface area contributed by atoms with Crippen LogP contribution in [0.5, 0.6) is 0 Å². The minimum Gasteiger partial charge on any atom is -0.366 e. The summed E-state index contributed by atoms with van der Waals surface area (Å²) in [6, 6.07) is 8.38. The van der Waals surface area contributed by atoms with Crippen LogP contribution in [0.15, 0.2) is 36.5 Å². The van der Waals surface area contributed by atoms with E-state index in [0.717, 1.165) is 11.0 Å². The third-order valence-corrected chi connectivity index (χ3v) is 3.92. The van der Waals surface area contributed by atoms with E-state index in [4.69, 9.17) is 5.73 Å². The molecule has 0 saturated heterocycles. The van der Waals surface area contributed by atoms with Gasteiger partial charge in [-0.05, 0) is 51.1 Å². The molecule has 0 aliphatic heterocycles. The van der Waals surface area contributed by atoms with E-state index in [1.165, 1.54) is 0 Å². The number of aryl methyl sites for hydroxylation is 1. The lowest BCUT2D eigenvalue weighted by molar-refractivity contribution is 0.0998. The molecule has 0 spiro atoms. The number of rotatable bonds is 4. The second kappa shape index (κ2) is 6.35. The molecule has 1 aromatic carbocycles. The summed E-state index contributed by atoms with van der Waals surface area (Å²) in [5.74, 6) is -0.776. The second-order valence-corrected chi connectivity index (χ2v) is 6.11. The largest absolute Gasteiger partial charge is 0.366 e. The third-order valence-electron chi connectivity index (χ3n) is 3.92. The van der Waals surface area contributed by atoms with Crippen molar-refractivity contribution >= 4 is 28.5 Å². The van der Waals surface area contributed by atoms with Gasteiger partial charge in [0, 0.05) is 22.7 Å². The Balaban J connectivity index is 1.89. The number of hydrogen-bond donors (Lipinski definition) is 2. The molecule has 3 N–H and O–H groups in total. The number of primary amides is 1. The number of benzene rings is 1. The number of anilines is 1. The zero-order valence-corrected chi connectivity index (χ0v) is 14.3. The molecule has 0 atom stereocenters. The van der Waals surface area contributed by atoms with Crippen molar-refractivity contribution < 1.29 is 9.59 Å². The fourth-order valence-electron chi connectivity index (χ4n) is 2.59. The molecule has 0 bridgehead atoms. The summed E-state index contributed by atoms with van der Waals surface area (Å²) in [5, 5.41) is 7.94. The van der Waals surface area contributed by atoms with Gasteiger partial charge >= 0.3 is 0 Å². The number of nitrogens with two attached hydrogens (primary N) is 1. The van der Waals surface area contributed by atoms with Gasteiger partial charge in [0.2, 0.25) is 5.91 Å². The van der Waals surface area contributed by atoms with Crippen LogP contribution in [0.2, 0.25) is 0 Å². The summed E-state index contributed by atoms with van der Waals surface area (Å²) < 4.78 is 1.83. The summed E-state index contributed by atoms with van der Waals surface area (Å²) in [6.07, 6.45) is 1.71. The summed E-state index contributed by atoms with van der Waals surface area (Å²) >= 11 is 0. The molecule has 128 valence electrons. The van der Waals surface area contributed by atoms with Crippen LogP contribution in [0, 0.1) is 6.92 Å². The number of amides is 2. The van der Waals surface area contributed by atoms with E-state index in [2.05, 4.69) is 15.4 Å². The minimum absolute atomic E-state index is 0.188. The van der Waals surface area contributed by atoms with Gasteiger partial charge in [0.15, 0.2) is 5.65 Å². The molecule has 0 saturated carbocycles. The van der Waals surface area contributed by atoms with E-state index in [-0.39, 0.29) is 11.9 Å². The van der Waals surface area contributed by atoms with Gasteiger partial charge in [-0.3, -0.25) is 9.59 Å². The van der Waals surface area contributed by atoms with Gasteiger partial charge in [-0.2, -0.15) is 5.10 Å². The lowest BCUT2D eigenvalue weighted by atomic mass is 10.1. The summed E-state index contributed by atoms with van der Waals surface area (Å²) in [7, 11) is 0. The number of hydrogen-bond acceptors (Lipinski definition) is 4. The lowest BCUT2D eigenvalue weighted by Crippen LogP contribution is -2.15. The maximum atomic E-state index is 12.6. The Morgan fingerprint density at radius 1 is 1.20 bits per heavy atom. The quantitative estimate of drug-likeness (QED) is 0.764. The normalized spacial score (nSPS) is 11.0. The smallest absolute Gasteiger partial charge is 0.257 e. The van der Waals surface area contributed by atoms with Crippen molar-refractivity contribution in [3.8, 4) is 0 Å².